The first-order valence-corrected chi connectivity index (χ1v) is 10.1. The molecule has 3 rings (SSSR count). The lowest BCUT2D eigenvalue weighted by molar-refractivity contribution is 0.0726. The van der Waals surface area contributed by atoms with Crippen LogP contribution >= 0.6 is 11.6 Å². The number of carbonyl (C=O) groups excluding carboxylic acids is 2. The van der Waals surface area contributed by atoms with Crippen LogP contribution < -0.4 is 14.2 Å². The van der Waals surface area contributed by atoms with Gasteiger partial charge in [-0.2, -0.15) is 0 Å². The average Bonchev–Trinajstić information content (AvgIpc) is 2.70. The predicted molar refractivity (Wildman–Crippen MR) is 119 cm³/mol. The first kappa shape index (κ1) is 22.4. The summed E-state index contributed by atoms with van der Waals surface area (Å²) >= 11 is 5.89. The molecular formula is C25H23ClO5. The van der Waals surface area contributed by atoms with E-state index in [0.717, 1.165) is 5.56 Å². The molecule has 0 unspecified atom stereocenters. The summed E-state index contributed by atoms with van der Waals surface area (Å²) in [6.07, 6.45) is -0.929. The first-order chi connectivity index (χ1) is 14.6. The zero-order valence-electron chi connectivity index (χ0n) is 17.8. The topological polar surface area (TPSA) is 61.8 Å². The molecule has 0 atom stereocenters. The Labute approximate surface area is 186 Å². The van der Waals surface area contributed by atoms with Crippen LogP contribution in [0, 0.1) is 6.92 Å². The second kappa shape index (κ2) is 9.23. The van der Waals surface area contributed by atoms with Gasteiger partial charge in [-0.15, -0.1) is 0 Å². The average molecular weight is 439 g/mol. The van der Waals surface area contributed by atoms with Crippen LogP contribution in [-0.2, 0) is 5.41 Å². The zero-order valence-corrected chi connectivity index (χ0v) is 18.5. The molecule has 6 heteroatoms. The molecule has 160 valence electrons. The maximum absolute atomic E-state index is 12.7. The van der Waals surface area contributed by atoms with Crippen molar-refractivity contribution >= 4 is 23.7 Å². The fraction of sp³-hybridized carbons (Fsp3) is 0.200. The largest absolute Gasteiger partial charge is 0.519 e. The molecular weight excluding hydrogens is 416 g/mol. The minimum absolute atomic E-state index is 0.122. The number of carbonyl (C=O) groups is 2. The molecule has 5 nitrogen and oxygen atoms in total. The Balaban J connectivity index is 1.92. The number of hydrogen-bond donors (Lipinski definition) is 0. The third-order valence-corrected chi connectivity index (χ3v) is 4.77. The molecule has 0 aliphatic heterocycles. The Morgan fingerprint density at radius 1 is 0.839 bits per heavy atom. The van der Waals surface area contributed by atoms with Crippen LogP contribution in [0.5, 0.6) is 17.2 Å². The van der Waals surface area contributed by atoms with Gasteiger partial charge < -0.3 is 14.2 Å². The van der Waals surface area contributed by atoms with Crippen LogP contribution in [0.2, 0.25) is 5.02 Å². The van der Waals surface area contributed by atoms with Gasteiger partial charge in [-0.3, -0.25) is 0 Å². The van der Waals surface area contributed by atoms with Crippen LogP contribution in [0.4, 0.5) is 4.79 Å². The summed E-state index contributed by atoms with van der Waals surface area (Å²) in [5, 5.41) is 0.509. The van der Waals surface area contributed by atoms with Gasteiger partial charge in [0.1, 0.15) is 5.75 Å². The lowest BCUT2D eigenvalue weighted by atomic mass is 9.86. The summed E-state index contributed by atoms with van der Waals surface area (Å²) in [6, 6.07) is 18.5. The van der Waals surface area contributed by atoms with Gasteiger partial charge in [-0.1, -0.05) is 56.6 Å². The molecule has 31 heavy (non-hydrogen) atoms. The van der Waals surface area contributed by atoms with Crippen molar-refractivity contribution in [3.05, 3.63) is 88.4 Å². The molecule has 0 fully saturated rings. The van der Waals surface area contributed by atoms with Gasteiger partial charge in [0, 0.05) is 5.02 Å². The van der Waals surface area contributed by atoms with E-state index in [1.807, 2.05) is 32.9 Å². The molecule has 0 spiro atoms. The van der Waals surface area contributed by atoms with Gasteiger partial charge in [0.05, 0.1) is 5.56 Å². The van der Waals surface area contributed by atoms with E-state index in [4.69, 9.17) is 25.8 Å². The Bertz CT molecular complexity index is 1080. The van der Waals surface area contributed by atoms with E-state index in [0.29, 0.717) is 21.9 Å². The van der Waals surface area contributed by atoms with E-state index in [9.17, 15) is 9.59 Å². The normalized spacial score (nSPS) is 11.0. The van der Waals surface area contributed by atoms with E-state index >= 15 is 0 Å². The van der Waals surface area contributed by atoms with Gasteiger partial charge in [0.2, 0.25) is 0 Å². The summed E-state index contributed by atoms with van der Waals surface area (Å²) in [4.78, 5) is 25.1. The molecule has 0 amide bonds. The third-order valence-electron chi connectivity index (χ3n) is 4.52. The summed E-state index contributed by atoms with van der Waals surface area (Å²) < 4.78 is 16.3. The minimum atomic E-state index is -0.929. The first-order valence-electron chi connectivity index (χ1n) is 9.71. The number of halogens is 1. The molecule has 0 radical (unpaired) electrons. The van der Waals surface area contributed by atoms with Crippen molar-refractivity contribution in [1.29, 1.82) is 0 Å². The monoisotopic (exact) mass is 438 g/mol. The van der Waals surface area contributed by atoms with Crippen LogP contribution in [-0.4, -0.2) is 12.1 Å². The SMILES string of the molecule is Cc1cc(C(C)(C)C)cc(OC(=O)c2ccc(Cl)cc2)c1OC(=O)Oc1ccccc1. The van der Waals surface area contributed by atoms with Gasteiger partial charge in [-0.25, -0.2) is 9.59 Å². The minimum Gasteiger partial charge on any atom is -0.419 e. The number of rotatable bonds is 4. The fourth-order valence-electron chi connectivity index (χ4n) is 2.81. The second-order valence-corrected chi connectivity index (χ2v) is 8.47. The van der Waals surface area contributed by atoms with Gasteiger partial charge in [0.25, 0.3) is 0 Å². The van der Waals surface area contributed by atoms with Crippen molar-refractivity contribution in [3.8, 4) is 17.2 Å². The number of esters is 1. The highest BCUT2D eigenvalue weighted by molar-refractivity contribution is 6.30. The molecule has 0 aliphatic rings. The molecule has 0 N–H and O–H groups in total. The number of para-hydroxylation sites is 1. The highest BCUT2D eigenvalue weighted by Crippen LogP contribution is 2.37. The lowest BCUT2D eigenvalue weighted by Crippen LogP contribution is -2.18. The lowest BCUT2D eigenvalue weighted by Gasteiger charge is -2.22. The highest BCUT2D eigenvalue weighted by Gasteiger charge is 2.23. The zero-order chi connectivity index (χ0) is 22.6. The van der Waals surface area contributed by atoms with Crippen LogP contribution in [0.15, 0.2) is 66.7 Å². The van der Waals surface area contributed by atoms with Crippen LogP contribution in [0.3, 0.4) is 0 Å². The van der Waals surface area contributed by atoms with E-state index in [2.05, 4.69) is 0 Å². The fourth-order valence-corrected chi connectivity index (χ4v) is 2.94. The van der Waals surface area contributed by atoms with Crippen LogP contribution in [0.1, 0.15) is 42.3 Å². The number of hydrogen-bond acceptors (Lipinski definition) is 5. The van der Waals surface area contributed by atoms with Crippen molar-refractivity contribution in [3.63, 3.8) is 0 Å². The molecule has 0 saturated heterocycles. The molecule has 0 heterocycles. The van der Waals surface area contributed by atoms with Gasteiger partial charge in [0.15, 0.2) is 11.5 Å². The molecule has 0 aliphatic carbocycles. The smallest absolute Gasteiger partial charge is 0.419 e. The molecule has 0 bridgehead atoms. The highest BCUT2D eigenvalue weighted by atomic mass is 35.5. The Morgan fingerprint density at radius 2 is 1.48 bits per heavy atom. The summed E-state index contributed by atoms with van der Waals surface area (Å²) in [7, 11) is 0. The van der Waals surface area contributed by atoms with Gasteiger partial charge >= 0.3 is 12.1 Å². The third kappa shape index (κ3) is 5.86. The second-order valence-electron chi connectivity index (χ2n) is 8.03. The van der Waals surface area contributed by atoms with Crippen molar-refractivity contribution < 1.29 is 23.8 Å². The quantitative estimate of drug-likeness (QED) is 0.256. The van der Waals surface area contributed by atoms with E-state index in [1.165, 1.54) is 0 Å². The maximum atomic E-state index is 12.7. The number of aryl methyl sites for hydroxylation is 1. The van der Waals surface area contributed by atoms with Crippen molar-refractivity contribution in [1.82, 2.24) is 0 Å². The van der Waals surface area contributed by atoms with E-state index in [-0.39, 0.29) is 16.9 Å². The van der Waals surface area contributed by atoms with Crippen molar-refractivity contribution in [2.75, 3.05) is 0 Å². The standard InChI is InChI=1S/C25H23ClO5/c1-16-14-18(25(2,3)4)15-21(30-23(27)17-10-12-19(26)13-11-17)22(16)31-24(28)29-20-8-6-5-7-9-20/h5-15H,1-4H3. The van der Waals surface area contributed by atoms with Crippen molar-refractivity contribution in [2.45, 2.75) is 33.1 Å². The summed E-state index contributed by atoms with van der Waals surface area (Å²) in [5.41, 5.74) is 1.67. The van der Waals surface area contributed by atoms with E-state index < -0.39 is 12.1 Å². The maximum Gasteiger partial charge on any atom is 0.519 e. The molecule has 0 saturated carbocycles. The Hall–Kier alpha value is -3.31. The molecule has 3 aromatic carbocycles. The Kier molecular flexibility index (Phi) is 6.66. The summed E-state index contributed by atoms with van der Waals surface area (Å²) in [6.45, 7) is 7.89. The molecule has 3 aromatic rings. The number of ether oxygens (including phenoxy) is 3. The van der Waals surface area contributed by atoms with Gasteiger partial charge in [-0.05, 0) is 65.9 Å². The summed E-state index contributed by atoms with van der Waals surface area (Å²) in [5.74, 6) is 0.00528. The predicted octanol–water partition coefficient (Wildman–Crippen LogP) is 6.74. The molecule has 0 aromatic heterocycles. The van der Waals surface area contributed by atoms with Crippen molar-refractivity contribution in [2.24, 2.45) is 0 Å². The van der Waals surface area contributed by atoms with Crippen LogP contribution in [0.25, 0.3) is 0 Å². The number of benzene rings is 3. The van der Waals surface area contributed by atoms with E-state index in [1.54, 1.807) is 61.5 Å². The Morgan fingerprint density at radius 3 is 2.10 bits per heavy atom.